The van der Waals surface area contributed by atoms with E-state index < -0.39 is 8.80 Å². The Morgan fingerprint density at radius 2 is 2.22 bits per heavy atom. The highest BCUT2D eigenvalue weighted by Gasteiger charge is 2.05. The first-order valence-corrected chi connectivity index (χ1v) is 6.79. The molecular formula is C6H11NSSi. The molecule has 0 saturated heterocycles. The number of rotatable bonds is 1. The molecule has 0 aromatic carbocycles. The molecule has 50 valence electrons. The summed E-state index contributed by atoms with van der Waals surface area (Å²) in [6, 6.07) is 0. The molecule has 3 heteroatoms. The van der Waals surface area contributed by atoms with Crippen LogP contribution in [0.3, 0.4) is 0 Å². The van der Waals surface area contributed by atoms with E-state index in [1.54, 1.807) is 16.0 Å². The van der Waals surface area contributed by atoms with Gasteiger partial charge >= 0.3 is 0 Å². The lowest BCUT2D eigenvalue weighted by molar-refractivity contribution is 1.46. The summed E-state index contributed by atoms with van der Waals surface area (Å²) in [5.41, 5.74) is 1.39. The van der Waals surface area contributed by atoms with E-state index in [2.05, 4.69) is 24.4 Å². The van der Waals surface area contributed by atoms with Crippen LogP contribution in [0.4, 0.5) is 0 Å². The second-order valence-electron chi connectivity index (χ2n) is 2.53. The second kappa shape index (κ2) is 2.62. The van der Waals surface area contributed by atoms with Crippen molar-refractivity contribution < 1.29 is 0 Å². The van der Waals surface area contributed by atoms with Gasteiger partial charge in [0.25, 0.3) is 0 Å². The number of hydrogen-bond acceptors (Lipinski definition) is 2. The Hall–Kier alpha value is -0.153. The van der Waals surface area contributed by atoms with Gasteiger partial charge in [0.05, 0.1) is 8.80 Å². The van der Waals surface area contributed by atoms with Gasteiger partial charge in [-0.3, -0.25) is 0 Å². The molecule has 0 aliphatic carbocycles. The van der Waals surface area contributed by atoms with Gasteiger partial charge < -0.3 is 0 Å². The quantitative estimate of drug-likeness (QED) is 0.557. The van der Waals surface area contributed by atoms with Crippen molar-refractivity contribution in [3.05, 3.63) is 11.8 Å². The fourth-order valence-electron chi connectivity index (χ4n) is 0.859. The molecule has 0 fully saturated rings. The maximum atomic E-state index is 4.12. The number of aromatic nitrogens is 1. The lowest BCUT2D eigenvalue weighted by atomic mass is 10.4. The van der Waals surface area contributed by atoms with Crippen LogP contribution in [0.1, 0.15) is 5.56 Å². The van der Waals surface area contributed by atoms with Crippen molar-refractivity contribution in [2.24, 2.45) is 0 Å². The predicted octanol–water partition coefficient (Wildman–Crippen LogP) is 1.15. The molecule has 0 unspecified atom stereocenters. The lowest BCUT2D eigenvalue weighted by Crippen LogP contribution is -2.20. The summed E-state index contributed by atoms with van der Waals surface area (Å²) in [5.74, 6) is 0. The van der Waals surface area contributed by atoms with E-state index in [1.165, 1.54) is 5.56 Å². The molecule has 1 aromatic rings. The molecule has 1 rings (SSSR count). The van der Waals surface area contributed by atoms with Crippen LogP contribution in [0, 0.1) is 6.92 Å². The van der Waals surface area contributed by atoms with Gasteiger partial charge in [0, 0.05) is 10.7 Å². The van der Waals surface area contributed by atoms with Gasteiger partial charge in [0.1, 0.15) is 0 Å². The molecule has 0 spiro atoms. The van der Waals surface area contributed by atoms with E-state index in [1.807, 2.05) is 6.20 Å². The van der Waals surface area contributed by atoms with Gasteiger partial charge in [-0.1, -0.05) is 13.1 Å². The molecule has 1 heterocycles. The van der Waals surface area contributed by atoms with Crippen LogP contribution in [-0.2, 0) is 0 Å². The van der Waals surface area contributed by atoms with E-state index in [4.69, 9.17) is 0 Å². The van der Waals surface area contributed by atoms with E-state index in [9.17, 15) is 0 Å². The molecule has 1 nitrogen and oxygen atoms in total. The van der Waals surface area contributed by atoms with Crippen LogP contribution < -0.4 is 4.50 Å². The average molecular weight is 157 g/mol. The van der Waals surface area contributed by atoms with Crippen LogP contribution in [0.25, 0.3) is 0 Å². The molecule has 0 radical (unpaired) electrons. The van der Waals surface area contributed by atoms with Crippen molar-refractivity contribution in [1.82, 2.24) is 4.37 Å². The monoisotopic (exact) mass is 157 g/mol. The number of aryl methyl sites for hydroxylation is 1. The third-order valence-electron chi connectivity index (χ3n) is 1.31. The van der Waals surface area contributed by atoms with Crippen LogP contribution >= 0.6 is 11.5 Å². The first-order valence-electron chi connectivity index (χ1n) is 3.13. The van der Waals surface area contributed by atoms with Gasteiger partial charge in [0.15, 0.2) is 0 Å². The zero-order valence-electron chi connectivity index (χ0n) is 6.01. The zero-order valence-corrected chi connectivity index (χ0v) is 7.98. The molecule has 0 N–H and O–H groups in total. The summed E-state index contributed by atoms with van der Waals surface area (Å²) in [6.07, 6.45) is 1.97. The standard InChI is InChI=1S/C6H11NSSi/c1-5-4-7-8-6(5)9(2)3/h4,9H,1-3H3. The summed E-state index contributed by atoms with van der Waals surface area (Å²) < 4.78 is 5.67. The van der Waals surface area contributed by atoms with E-state index in [0.29, 0.717) is 0 Å². The number of nitrogens with zero attached hydrogens (tertiary/aromatic N) is 1. The van der Waals surface area contributed by atoms with Gasteiger partial charge in [-0.05, 0) is 24.0 Å². The minimum Gasteiger partial charge on any atom is -0.201 e. The summed E-state index contributed by atoms with van der Waals surface area (Å²) in [7, 11) is -0.563. The van der Waals surface area contributed by atoms with Crippen molar-refractivity contribution in [3.8, 4) is 0 Å². The fraction of sp³-hybridized carbons (Fsp3) is 0.500. The maximum Gasteiger partial charge on any atom is 0.0800 e. The van der Waals surface area contributed by atoms with Crippen molar-refractivity contribution in [2.75, 3.05) is 0 Å². The number of hydrogen-bond donors (Lipinski definition) is 0. The van der Waals surface area contributed by atoms with Gasteiger partial charge in [-0.25, -0.2) is 4.37 Å². The predicted molar refractivity (Wildman–Crippen MR) is 45.4 cm³/mol. The van der Waals surface area contributed by atoms with Gasteiger partial charge in [0.2, 0.25) is 0 Å². The minimum absolute atomic E-state index is 0.563. The Morgan fingerprint density at radius 1 is 1.56 bits per heavy atom. The van der Waals surface area contributed by atoms with Crippen LogP contribution in [-0.4, -0.2) is 13.2 Å². The Labute approximate surface area is 61.5 Å². The van der Waals surface area contributed by atoms with E-state index >= 15 is 0 Å². The van der Waals surface area contributed by atoms with E-state index in [-0.39, 0.29) is 0 Å². The third kappa shape index (κ3) is 1.40. The molecule has 0 saturated carbocycles. The first kappa shape index (κ1) is 6.96. The molecule has 0 bridgehead atoms. The highest BCUT2D eigenvalue weighted by Crippen LogP contribution is 1.98. The molecule has 0 aliphatic rings. The van der Waals surface area contributed by atoms with Crippen LogP contribution in [0.15, 0.2) is 6.20 Å². The Balaban J connectivity index is 2.94. The van der Waals surface area contributed by atoms with Crippen molar-refractivity contribution >= 4 is 24.8 Å². The molecule has 9 heavy (non-hydrogen) atoms. The van der Waals surface area contributed by atoms with Gasteiger partial charge in [-0.15, -0.1) is 0 Å². The first-order chi connectivity index (χ1) is 4.22. The van der Waals surface area contributed by atoms with Crippen molar-refractivity contribution in [2.45, 2.75) is 20.0 Å². The van der Waals surface area contributed by atoms with Crippen molar-refractivity contribution in [1.29, 1.82) is 0 Å². The largest absolute Gasteiger partial charge is 0.201 e. The topological polar surface area (TPSA) is 12.9 Å². The minimum atomic E-state index is -0.563. The molecule has 0 aliphatic heterocycles. The average Bonchev–Trinajstić information content (AvgIpc) is 2.13. The molecule has 1 aromatic heterocycles. The summed E-state index contributed by atoms with van der Waals surface area (Å²) in [6.45, 7) is 6.81. The summed E-state index contributed by atoms with van der Waals surface area (Å²) >= 11 is 1.67. The highest BCUT2D eigenvalue weighted by molar-refractivity contribution is 7.18. The lowest BCUT2D eigenvalue weighted by Gasteiger charge is -1.96. The SMILES string of the molecule is Cc1cnsc1[SiH](C)C. The van der Waals surface area contributed by atoms with Gasteiger partial charge in [-0.2, -0.15) is 0 Å². The Kier molecular flexibility index (Phi) is 2.03. The molecule has 0 amide bonds. The van der Waals surface area contributed by atoms with Crippen LogP contribution in [0.2, 0.25) is 13.1 Å². The third-order valence-corrected chi connectivity index (χ3v) is 5.27. The summed E-state index contributed by atoms with van der Waals surface area (Å²) in [4.78, 5) is 0. The highest BCUT2D eigenvalue weighted by atomic mass is 32.1. The Morgan fingerprint density at radius 3 is 2.44 bits per heavy atom. The maximum absolute atomic E-state index is 4.12. The van der Waals surface area contributed by atoms with Crippen LogP contribution in [0.5, 0.6) is 0 Å². The zero-order chi connectivity index (χ0) is 6.85. The smallest absolute Gasteiger partial charge is 0.0800 e. The molecule has 0 atom stereocenters. The normalized spacial score (nSPS) is 10.7. The Bertz CT molecular complexity index is 195. The summed E-state index contributed by atoms with van der Waals surface area (Å²) in [5, 5.41) is 0. The second-order valence-corrected chi connectivity index (χ2v) is 6.67. The fourth-order valence-corrected chi connectivity index (χ4v) is 3.39. The van der Waals surface area contributed by atoms with Crippen molar-refractivity contribution in [3.63, 3.8) is 0 Å². The molecular weight excluding hydrogens is 146 g/mol. The van der Waals surface area contributed by atoms with E-state index in [0.717, 1.165) is 0 Å².